The lowest BCUT2D eigenvalue weighted by molar-refractivity contribution is 0.223. The number of ether oxygens (including phenoxy) is 2. The highest BCUT2D eigenvalue weighted by atomic mass is 16.5. The Bertz CT molecular complexity index is 134. The molecule has 0 aromatic rings. The second kappa shape index (κ2) is 5.13. The lowest BCUT2D eigenvalue weighted by atomic mass is 10.4. The summed E-state index contributed by atoms with van der Waals surface area (Å²) in [5.41, 5.74) is 0.486. The van der Waals surface area contributed by atoms with Gasteiger partial charge in [0.2, 0.25) is 0 Å². The van der Waals surface area contributed by atoms with Crippen molar-refractivity contribution in [2.75, 3.05) is 20.8 Å². The minimum absolute atomic E-state index is 0.310. The van der Waals surface area contributed by atoms with E-state index in [2.05, 4.69) is 9.47 Å². The van der Waals surface area contributed by atoms with E-state index in [9.17, 15) is 0 Å². The molecule has 0 saturated heterocycles. The average molecular weight is 127 g/mol. The van der Waals surface area contributed by atoms with E-state index in [0.29, 0.717) is 12.2 Å². The molecule has 0 amide bonds. The van der Waals surface area contributed by atoms with Crippen LogP contribution in [0, 0.1) is 11.3 Å². The van der Waals surface area contributed by atoms with Gasteiger partial charge in [0.25, 0.3) is 0 Å². The number of hydrogen-bond donors (Lipinski definition) is 0. The highest BCUT2D eigenvalue weighted by Gasteiger charge is 1.90. The summed E-state index contributed by atoms with van der Waals surface area (Å²) in [7, 11) is 3.02. The highest BCUT2D eigenvalue weighted by molar-refractivity contribution is 5.18. The van der Waals surface area contributed by atoms with Gasteiger partial charge in [-0.05, 0) is 0 Å². The van der Waals surface area contributed by atoms with Crippen LogP contribution in [0.3, 0.4) is 0 Å². The average Bonchev–Trinajstić information content (AvgIpc) is 1.88. The highest BCUT2D eigenvalue weighted by Crippen LogP contribution is 1.90. The van der Waals surface area contributed by atoms with Gasteiger partial charge in [-0.15, -0.1) is 0 Å². The molecule has 0 radical (unpaired) electrons. The van der Waals surface area contributed by atoms with E-state index < -0.39 is 0 Å². The molecule has 0 atom stereocenters. The predicted octanol–water partition coefficient (Wildman–Crippen LogP) is 0.687. The molecule has 0 bridgehead atoms. The molecular formula is C6H9NO2. The van der Waals surface area contributed by atoms with Crippen LogP contribution in [0.25, 0.3) is 0 Å². The Kier molecular flexibility index (Phi) is 4.56. The number of nitrogens with zero attached hydrogens (tertiary/aromatic N) is 1. The third-order valence-corrected chi connectivity index (χ3v) is 0.704. The molecule has 0 aromatic heterocycles. The van der Waals surface area contributed by atoms with Gasteiger partial charge >= 0.3 is 0 Å². The van der Waals surface area contributed by atoms with Crippen LogP contribution in [0.4, 0.5) is 0 Å². The van der Waals surface area contributed by atoms with Crippen molar-refractivity contribution >= 4 is 0 Å². The first-order valence-corrected chi connectivity index (χ1v) is 2.46. The van der Waals surface area contributed by atoms with Crippen LogP contribution in [0.15, 0.2) is 11.8 Å². The van der Waals surface area contributed by atoms with Gasteiger partial charge in [-0.1, -0.05) is 0 Å². The summed E-state index contributed by atoms with van der Waals surface area (Å²) in [6.07, 6.45) is 1.36. The van der Waals surface area contributed by atoms with Crippen LogP contribution in [-0.2, 0) is 9.47 Å². The van der Waals surface area contributed by atoms with Crippen molar-refractivity contribution in [2.24, 2.45) is 0 Å². The first-order chi connectivity index (χ1) is 4.35. The maximum Gasteiger partial charge on any atom is 0.100 e. The molecule has 0 spiro atoms. The van der Waals surface area contributed by atoms with Crippen molar-refractivity contribution in [1.82, 2.24) is 0 Å². The van der Waals surface area contributed by atoms with Gasteiger partial charge in [0, 0.05) is 7.11 Å². The van der Waals surface area contributed by atoms with Crippen molar-refractivity contribution in [1.29, 1.82) is 5.26 Å². The molecule has 50 valence electrons. The third-order valence-electron chi connectivity index (χ3n) is 0.704. The Morgan fingerprint density at radius 3 is 2.67 bits per heavy atom. The third kappa shape index (κ3) is 3.56. The summed E-state index contributed by atoms with van der Waals surface area (Å²) in [5, 5.41) is 8.31. The van der Waals surface area contributed by atoms with Crippen LogP contribution < -0.4 is 0 Å². The van der Waals surface area contributed by atoms with Gasteiger partial charge in [0.15, 0.2) is 0 Å². The van der Waals surface area contributed by atoms with E-state index in [0.717, 1.165) is 0 Å². The van der Waals surface area contributed by atoms with Crippen molar-refractivity contribution in [3.8, 4) is 6.07 Å². The molecule has 0 aliphatic carbocycles. The standard InChI is InChI=1S/C6H9NO2/c1-8-4-6(3-7)5-9-2/h4H,5H2,1-2H3/b6-4+. The molecule has 0 rings (SSSR count). The zero-order valence-corrected chi connectivity index (χ0v) is 5.55. The molecule has 0 fully saturated rings. The minimum Gasteiger partial charge on any atom is -0.503 e. The Balaban J connectivity index is 3.71. The van der Waals surface area contributed by atoms with E-state index in [1.165, 1.54) is 20.5 Å². The quantitative estimate of drug-likeness (QED) is 0.413. The molecule has 0 heterocycles. The van der Waals surface area contributed by atoms with E-state index in [4.69, 9.17) is 5.26 Å². The van der Waals surface area contributed by atoms with Crippen LogP contribution in [0.1, 0.15) is 0 Å². The second-order valence-electron chi connectivity index (χ2n) is 1.42. The minimum atomic E-state index is 0.310. The predicted molar refractivity (Wildman–Crippen MR) is 32.6 cm³/mol. The van der Waals surface area contributed by atoms with E-state index in [-0.39, 0.29) is 0 Å². The van der Waals surface area contributed by atoms with Crippen LogP contribution in [-0.4, -0.2) is 20.8 Å². The molecule has 3 heteroatoms. The van der Waals surface area contributed by atoms with Crippen molar-refractivity contribution in [3.63, 3.8) is 0 Å². The van der Waals surface area contributed by atoms with Gasteiger partial charge < -0.3 is 9.47 Å². The first kappa shape index (κ1) is 7.99. The summed E-state index contributed by atoms with van der Waals surface area (Å²) >= 11 is 0. The Labute approximate surface area is 54.5 Å². The summed E-state index contributed by atoms with van der Waals surface area (Å²) < 4.78 is 9.26. The van der Waals surface area contributed by atoms with Crippen LogP contribution in [0.2, 0.25) is 0 Å². The van der Waals surface area contributed by atoms with Crippen molar-refractivity contribution in [3.05, 3.63) is 11.8 Å². The number of rotatable bonds is 3. The summed E-state index contributed by atoms with van der Waals surface area (Å²) in [6.45, 7) is 0.310. The zero-order chi connectivity index (χ0) is 7.11. The smallest absolute Gasteiger partial charge is 0.100 e. The number of methoxy groups -OCH3 is 2. The van der Waals surface area contributed by atoms with Crippen LogP contribution >= 0.6 is 0 Å². The Hall–Kier alpha value is -1.01. The van der Waals surface area contributed by atoms with E-state index in [1.54, 1.807) is 0 Å². The lowest BCUT2D eigenvalue weighted by Crippen LogP contribution is -1.91. The first-order valence-electron chi connectivity index (χ1n) is 2.46. The molecule has 0 aliphatic rings. The molecule has 3 nitrogen and oxygen atoms in total. The normalized spacial score (nSPS) is 10.6. The molecule has 0 aromatic carbocycles. The monoisotopic (exact) mass is 127 g/mol. The molecular weight excluding hydrogens is 118 g/mol. The van der Waals surface area contributed by atoms with Crippen molar-refractivity contribution < 1.29 is 9.47 Å². The van der Waals surface area contributed by atoms with Gasteiger partial charge in [-0.2, -0.15) is 5.26 Å². The molecule has 9 heavy (non-hydrogen) atoms. The summed E-state index contributed by atoms with van der Waals surface area (Å²) in [4.78, 5) is 0. The molecule has 0 unspecified atom stereocenters. The van der Waals surface area contributed by atoms with Gasteiger partial charge in [-0.25, -0.2) is 0 Å². The molecule has 0 aliphatic heterocycles. The van der Waals surface area contributed by atoms with E-state index >= 15 is 0 Å². The fourth-order valence-electron chi connectivity index (χ4n) is 0.390. The van der Waals surface area contributed by atoms with Gasteiger partial charge in [-0.3, -0.25) is 0 Å². The summed E-state index contributed by atoms with van der Waals surface area (Å²) in [6, 6.07) is 1.92. The maximum atomic E-state index is 8.31. The topological polar surface area (TPSA) is 42.2 Å². The van der Waals surface area contributed by atoms with E-state index in [1.807, 2.05) is 6.07 Å². The lowest BCUT2D eigenvalue weighted by Gasteiger charge is -1.93. The second-order valence-corrected chi connectivity index (χ2v) is 1.42. The number of nitriles is 1. The molecule has 0 saturated carbocycles. The number of hydrogen-bond acceptors (Lipinski definition) is 3. The Morgan fingerprint density at radius 1 is 1.67 bits per heavy atom. The van der Waals surface area contributed by atoms with Crippen molar-refractivity contribution in [2.45, 2.75) is 0 Å². The largest absolute Gasteiger partial charge is 0.503 e. The van der Waals surface area contributed by atoms with Gasteiger partial charge in [0.05, 0.1) is 25.6 Å². The molecule has 0 N–H and O–H groups in total. The summed E-state index contributed by atoms with van der Waals surface area (Å²) in [5.74, 6) is 0. The fraction of sp³-hybridized carbons (Fsp3) is 0.500. The maximum absolute atomic E-state index is 8.31. The fourth-order valence-corrected chi connectivity index (χ4v) is 0.390. The zero-order valence-electron chi connectivity index (χ0n) is 5.55. The SMILES string of the molecule is CO/C=C(\C#N)COC. The Morgan fingerprint density at radius 2 is 2.33 bits per heavy atom. The van der Waals surface area contributed by atoms with Gasteiger partial charge in [0.1, 0.15) is 6.07 Å². The van der Waals surface area contributed by atoms with Crippen LogP contribution in [0.5, 0.6) is 0 Å².